The van der Waals surface area contributed by atoms with E-state index >= 15 is 0 Å². The molecule has 11 heteroatoms. The fourth-order valence-electron chi connectivity index (χ4n) is 4.41. The van der Waals surface area contributed by atoms with Crippen molar-refractivity contribution in [3.8, 4) is 0 Å². The number of fused-ring (bicyclic) bond motifs is 1. The van der Waals surface area contributed by atoms with Gasteiger partial charge < -0.3 is 19.9 Å². The fraction of sp³-hybridized carbons (Fsp3) is 0.280. The largest absolute Gasteiger partial charge is 0.433 e. The molecule has 8 nitrogen and oxygen atoms in total. The minimum atomic E-state index is -4.49. The molecule has 3 aromatic heterocycles. The maximum Gasteiger partial charge on any atom is 0.433 e. The number of nitrogens with two attached hydrogens (primary N) is 1. The maximum absolute atomic E-state index is 13.0. The third-order valence-electron chi connectivity index (χ3n) is 6.15. The van der Waals surface area contributed by atoms with E-state index < -0.39 is 11.9 Å². The zero-order chi connectivity index (χ0) is 25.3. The van der Waals surface area contributed by atoms with Crippen LogP contribution in [-0.4, -0.2) is 45.2 Å². The quantitative estimate of drug-likeness (QED) is 0.439. The molecule has 1 atom stereocenters. The number of hydrogen-bond acceptors (Lipinski definition) is 6. The van der Waals surface area contributed by atoms with Crippen LogP contribution in [0.15, 0.2) is 61.2 Å². The van der Waals surface area contributed by atoms with Crippen molar-refractivity contribution in [2.24, 2.45) is 5.73 Å². The molecule has 4 heterocycles. The van der Waals surface area contributed by atoms with E-state index in [0.717, 1.165) is 28.2 Å². The van der Waals surface area contributed by atoms with Crippen molar-refractivity contribution in [3.05, 3.63) is 83.6 Å². The molecule has 1 aromatic carbocycles. The van der Waals surface area contributed by atoms with E-state index in [-0.39, 0.29) is 18.4 Å². The van der Waals surface area contributed by atoms with E-state index in [0.29, 0.717) is 37.7 Å². The zero-order valence-electron chi connectivity index (χ0n) is 19.2. The SMILES string of the molecule is NC(=O)Cc1ccc(Cn2ccc3c(N4CCOC[C@@H]4c4ccc(C(F)(F)F)nc4)ncnc32)cc1. The van der Waals surface area contributed by atoms with Crippen molar-refractivity contribution in [2.75, 3.05) is 24.7 Å². The number of pyridine rings is 1. The Hall–Kier alpha value is -3.99. The van der Waals surface area contributed by atoms with E-state index in [2.05, 4.69) is 15.0 Å². The van der Waals surface area contributed by atoms with Gasteiger partial charge in [0.05, 0.1) is 31.1 Å². The first kappa shape index (κ1) is 23.7. The fourth-order valence-corrected chi connectivity index (χ4v) is 4.41. The average Bonchev–Trinajstić information content (AvgIpc) is 3.27. The lowest BCUT2D eigenvalue weighted by molar-refractivity contribution is -0.141. The molecular weight excluding hydrogens is 473 g/mol. The van der Waals surface area contributed by atoms with Crippen LogP contribution in [0.5, 0.6) is 0 Å². The number of hydrogen-bond donors (Lipinski definition) is 1. The Kier molecular flexibility index (Phi) is 6.31. The Morgan fingerprint density at radius 3 is 2.53 bits per heavy atom. The maximum atomic E-state index is 13.0. The standard InChI is InChI=1S/C25H23F3N6O2/c26-25(27,28)21-6-5-18(12-30-21)20-14-36-10-9-34(20)24-19-7-8-33(23(19)31-15-32-24)13-17-3-1-16(2-4-17)11-22(29)35/h1-8,12,15,20H,9-11,13-14H2,(H2,29,35)/t20-/m1/s1. The number of nitrogens with zero attached hydrogens (tertiary/aromatic N) is 5. The summed E-state index contributed by atoms with van der Waals surface area (Å²) in [5.74, 6) is 0.306. The summed E-state index contributed by atoms with van der Waals surface area (Å²) in [7, 11) is 0. The summed E-state index contributed by atoms with van der Waals surface area (Å²) < 4.78 is 46.6. The number of halogens is 3. The first-order valence-electron chi connectivity index (χ1n) is 11.3. The van der Waals surface area contributed by atoms with Crippen LogP contribution in [0.2, 0.25) is 0 Å². The second-order valence-corrected chi connectivity index (χ2v) is 8.60. The van der Waals surface area contributed by atoms with Crippen molar-refractivity contribution < 1.29 is 22.7 Å². The van der Waals surface area contributed by atoms with Crippen molar-refractivity contribution in [1.82, 2.24) is 19.5 Å². The normalized spacial score (nSPS) is 16.4. The number of aromatic nitrogens is 4. The highest BCUT2D eigenvalue weighted by Crippen LogP contribution is 2.34. The molecule has 2 N–H and O–H groups in total. The Morgan fingerprint density at radius 2 is 1.83 bits per heavy atom. The molecular formula is C25H23F3N6O2. The molecule has 0 radical (unpaired) electrons. The molecule has 0 saturated carbocycles. The molecule has 1 aliphatic rings. The second-order valence-electron chi connectivity index (χ2n) is 8.60. The molecule has 0 bridgehead atoms. The minimum absolute atomic E-state index is 0.193. The number of ether oxygens (including phenoxy) is 1. The van der Waals surface area contributed by atoms with Gasteiger partial charge in [-0.05, 0) is 28.8 Å². The van der Waals surface area contributed by atoms with Gasteiger partial charge in [-0.1, -0.05) is 30.3 Å². The summed E-state index contributed by atoms with van der Waals surface area (Å²) in [5, 5.41) is 0.828. The van der Waals surface area contributed by atoms with Gasteiger partial charge in [0.2, 0.25) is 5.91 Å². The van der Waals surface area contributed by atoms with Crippen LogP contribution in [0.25, 0.3) is 11.0 Å². The van der Waals surface area contributed by atoms with Crippen molar-refractivity contribution >= 4 is 22.8 Å². The third kappa shape index (κ3) is 4.87. The van der Waals surface area contributed by atoms with Gasteiger partial charge in [0.25, 0.3) is 0 Å². The van der Waals surface area contributed by atoms with Crippen molar-refractivity contribution in [1.29, 1.82) is 0 Å². The molecule has 1 aliphatic heterocycles. The van der Waals surface area contributed by atoms with Gasteiger partial charge in [-0.3, -0.25) is 9.78 Å². The molecule has 1 amide bonds. The Bertz CT molecular complexity index is 1370. The third-order valence-corrected chi connectivity index (χ3v) is 6.15. The monoisotopic (exact) mass is 496 g/mol. The van der Waals surface area contributed by atoms with E-state index in [1.54, 1.807) is 0 Å². The van der Waals surface area contributed by atoms with Crippen LogP contribution in [0.4, 0.5) is 19.0 Å². The topological polar surface area (TPSA) is 99.2 Å². The number of benzene rings is 1. The molecule has 36 heavy (non-hydrogen) atoms. The Balaban J connectivity index is 1.43. The number of morpholine rings is 1. The Morgan fingerprint density at radius 1 is 1.06 bits per heavy atom. The number of alkyl halides is 3. The van der Waals surface area contributed by atoms with E-state index in [1.165, 1.54) is 18.6 Å². The first-order valence-corrected chi connectivity index (χ1v) is 11.3. The van der Waals surface area contributed by atoms with Crippen LogP contribution in [0.1, 0.15) is 28.4 Å². The van der Waals surface area contributed by atoms with Gasteiger partial charge in [-0.25, -0.2) is 9.97 Å². The molecule has 1 saturated heterocycles. The van der Waals surface area contributed by atoms with E-state index in [9.17, 15) is 18.0 Å². The lowest BCUT2D eigenvalue weighted by Gasteiger charge is -2.37. The van der Waals surface area contributed by atoms with Crippen LogP contribution < -0.4 is 10.6 Å². The number of primary amides is 1. The predicted octanol–water partition coefficient (Wildman–Crippen LogP) is 3.50. The molecule has 0 spiro atoms. The van der Waals surface area contributed by atoms with Gasteiger partial charge in [0.1, 0.15) is 23.5 Å². The Labute approximate surface area is 204 Å². The lowest BCUT2D eigenvalue weighted by Crippen LogP contribution is -2.40. The van der Waals surface area contributed by atoms with Crippen LogP contribution in [0, 0.1) is 0 Å². The van der Waals surface area contributed by atoms with Crippen LogP contribution in [-0.2, 0) is 28.7 Å². The predicted molar refractivity (Wildman–Crippen MR) is 126 cm³/mol. The molecule has 1 fully saturated rings. The van der Waals surface area contributed by atoms with Crippen LogP contribution >= 0.6 is 0 Å². The molecule has 0 aliphatic carbocycles. The minimum Gasteiger partial charge on any atom is -0.377 e. The highest BCUT2D eigenvalue weighted by Gasteiger charge is 2.33. The summed E-state index contributed by atoms with van der Waals surface area (Å²) in [6.07, 6.45) is 0.362. The second kappa shape index (κ2) is 9.57. The summed E-state index contributed by atoms with van der Waals surface area (Å²) in [5.41, 5.74) is 7.56. The zero-order valence-corrected chi connectivity index (χ0v) is 19.2. The van der Waals surface area contributed by atoms with Gasteiger partial charge in [0.15, 0.2) is 0 Å². The van der Waals surface area contributed by atoms with Gasteiger partial charge >= 0.3 is 6.18 Å². The molecule has 0 unspecified atom stereocenters. The van der Waals surface area contributed by atoms with E-state index in [1.807, 2.05) is 46.0 Å². The highest BCUT2D eigenvalue weighted by molar-refractivity contribution is 5.88. The molecule has 186 valence electrons. The first-order chi connectivity index (χ1) is 17.3. The van der Waals surface area contributed by atoms with Crippen LogP contribution in [0.3, 0.4) is 0 Å². The number of carbonyl (C=O) groups excluding carboxylic acids is 1. The molecule has 5 rings (SSSR count). The summed E-state index contributed by atoms with van der Waals surface area (Å²) >= 11 is 0. The smallest absolute Gasteiger partial charge is 0.377 e. The summed E-state index contributed by atoms with van der Waals surface area (Å²) in [6, 6.07) is 11.7. The number of amides is 1. The number of rotatable bonds is 6. The summed E-state index contributed by atoms with van der Waals surface area (Å²) in [6.45, 7) is 1.85. The highest BCUT2D eigenvalue weighted by atomic mass is 19.4. The summed E-state index contributed by atoms with van der Waals surface area (Å²) in [4.78, 5) is 25.8. The van der Waals surface area contributed by atoms with Crippen molar-refractivity contribution in [3.63, 3.8) is 0 Å². The lowest BCUT2D eigenvalue weighted by atomic mass is 10.1. The average molecular weight is 496 g/mol. The van der Waals surface area contributed by atoms with E-state index in [4.69, 9.17) is 10.5 Å². The van der Waals surface area contributed by atoms with Gasteiger partial charge in [-0.15, -0.1) is 0 Å². The van der Waals surface area contributed by atoms with Crippen molar-refractivity contribution in [2.45, 2.75) is 25.2 Å². The molecule has 4 aromatic rings. The number of anilines is 1. The van der Waals surface area contributed by atoms with Gasteiger partial charge in [0, 0.05) is 25.5 Å². The van der Waals surface area contributed by atoms with Gasteiger partial charge in [-0.2, -0.15) is 13.2 Å². The number of carbonyl (C=O) groups is 1.